The Balaban J connectivity index is 3.77. The van der Waals surface area contributed by atoms with Crippen molar-refractivity contribution < 1.29 is 14.7 Å². The second kappa shape index (κ2) is 5.70. The van der Waals surface area contributed by atoms with Crippen molar-refractivity contribution in [2.45, 2.75) is 33.8 Å². The molecule has 0 aliphatic rings. The average Bonchev–Trinajstić information content (AvgIpc) is 2.09. The summed E-state index contributed by atoms with van der Waals surface area (Å²) in [5.41, 5.74) is -0.495. The van der Waals surface area contributed by atoms with Crippen LogP contribution in [0.15, 0.2) is 0 Å². The van der Waals surface area contributed by atoms with Gasteiger partial charge < -0.3 is 15.7 Å². The van der Waals surface area contributed by atoms with E-state index < -0.39 is 11.5 Å². The molecule has 0 spiro atoms. The van der Waals surface area contributed by atoms with Crippen molar-refractivity contribution in [3.8, 4) is 0 Å². The molecule has 0 saturated heterocycles. The predicted octanol–water partition coefficient (Wildman–Crippen LogP) is -0.354. The summed E-state index contributed by atoms with van der Waals surface area (Å²) in [5.74, 6) is -0.469. The highest BCUT2D eigenvalue weighted by atomic mass is 16.3. The molecule has 0 fully saturated rings. The van der Waals surface area contributed by atoms with Crippen molar-refractivity contribution in [3.63, 3.8) is 0 Å². The van der Waals surface area contributed by atoms with E-state index in [0.717, 1.165) is 0 Å². The lowest BCUT2D eigenvalue weighted by molar-refractivity contribution is -0.131. The first-order valence-electron chi connectivity index (χ1n) is 4.96. The van der Waals surface area contributed by atoms with Gasteiger partial charge in [0.15, 0.2) is 0 Å². The highest BCUT2D eigenvalue weighted by Crippen LogP contribution is 2.11. The zero-order chi connectivity index (χ0) is 12.1. The molecule has 0 aliphatic heterocycles. The molecule has 0 aliphatic carbocycles. The van der Waals surface area contributed by atoms with Crippen molar-refractivity contribution in [2.75, 3.05) is 13.1 Å². The van der Waals surface area contributed by atoms with Gasteiger partial charge in [-0.3, -0.25) is 9.59 Å². The second-order valence-electron chi connectivity index (χ2n) is 4.59. The molecule has 0 aromatic heterocycles. The summed E-state index contributed by atoms with van der Waals surface area (Å²) in [4.78, 5) is 22.5. The molecule has 0 saturated carbocycles. The van der Waals surface area contributed by atoms with Gasteiger partial charge in [0.25, 0.3) is 0 Å². The third-order valence-corrected chi connectivity index (χ3v) is 1.69. The van der Waals surface area contributed by atoms with Gasteiger partial charge in [-0.2, -0.15) is 0 Å². The molecule has 1 atom stereocenters. The van der Waals surface area contributed by atoms with Gasteiger partial charge in [-0.05, 0) is 6.92 Å². The fraction of sp³-hybridized carbons (Fsp3) is 0.800. The summed E-state index contributed by atoms with van der Waals surface area (Å²) < 4.78 is 0. The molecule has 0 rings (SSSR count). The Morgan fingerprint density at radius 2 is 1.80 bits per heavy atom. The van der Waals surface area contributed by atoms with Crippen LogP contribution in [0.25, 0.3) is 0 Å². The molecular formula is C10H20N2O3. The normalized spacial score (nSPS) is 13.1. The van der Waals surface area contributed by atoms with Crippen LogP contribution in [0.2, 0.25) is 0 Å². The van der Waals surface area contributed by atoms with Crippen LogP contribution < -0.4 is 10.6 Å². The number of aliphatic hydroxyl groups excluding tert-OH is 1. The highest BCUT2D eigenvalue weighted by Gasteiger charge is 2.21. The number of carbonyl (C=O) groups excluding carboxylic acids is 2. The van der Waals surface area contributed by atoms with E-state index in [9.17, 15) is 9.59 Å². The Morgan fingerprint density at radius 1 is 1.27 bits per heavy atom. The quantitative estimate of drug-likeness (QED) is 0.601. The third kappa shape index (κ3) is 6.90. The molecule has 88 valence electrons. The largest absolute Gasteiger partial charge is 0.392 e. The SMILES string of the molecule is CC(O)CNC(=O)CNC(=O)C(C)(C)C. The number of aliphatic hydroxyl groups is 1. The minimum absolute atomic E-state index is 0.0528. The zero-order valence-corrected chi connectivity index (χ0v) is 9.76. The fourth-order valence-electron chi connectivity index (χ4n) is 0.750. The summed E-state index contributed by atoms with van der Waals surface area (Å²) in [5, 5.41) is 13.9. The maximum Gasteiger partial charge on any atom is 0.239 e. The van der Waals surface area contributed by atoms with Crippen LogP contribution in [0.3, 0.4) is 0 Å². The molecule has 3 N–H and O–H groups in total. The Hall–Kier alpha value is -1.10. The van der Waals surface area contributed by atoms with Gasteiger partial charge in [0.2, 0.25) is 11.8 Å². The summed E-state index contributed by atoms with van der Waals surface area (Å²) in [6, 6.07) is 0. The van der Waals surface area contributed by atoms with E-state index >= 15 is 0 Å². The van der Waals surface area contributed by atoms with Gasteiger partial charge in [0.05, 0.1) is 12.6 Å². The summed E-state index contributed by atoms with van der Waals surface area (Å²) in [6.45, 7) is 7.04. The van der Waals surface area contributed by atoms with Crippen LogP contribution in [-0.2, 0) is 9.59 Å². The van der Waals surface area contributed by atoms with Crippen LogP contribution in [0.5, 0.6) is 0 Å². The lowest BCUT2D eigenvalue weighted by atomic mass is 9.96. The number of rotatable bonds is 4. The predicted molar refractivity (Wildman–Crippen MR) is 57.2 cm³/mol. The maximum atomic E-state index is 11.4. The van der Waals surface area contributed by atoms with E-state index in [1.54, 1.807) is 27.7 Å². The Labute approximate surface area is 90.2 Å². The number of amides is 2. The van der Waals surface area contributed by atoms with Crippen molar-refractivity contribution >= 4 is 11.8 Å². The van der Waals surface area contributed by atoms with Crippen LogP contribution >= 0.6 is 0 Å². The minimum atomic E-state index is -0.577. The number of hydrogen-bond acceptors (Lipinski definition) is 3. The molecule has 2 amide bonds. The second-order valence-corrected chi connectivity index (χ2v) is 4.59. The highest BCUT2D eigenvalue weighted by molar-refractivity contribution is 5.87. The molecule has 5 heteroatoms. The van der Waals surface area contributed by atoms with E-state index in [2.05, 4.69) is 10.6 Å². The Bertz CT molecular complexity index is 231. The molecule has 15 heavy (non-hydrogen) atoms. The van der Waals surface area contributed by atoms with Crippen molar-refractivity contribution in [2.24, 2.45) is 5.41 Å². The topological polar surface area (TPSA) is 78.4 Å². The molecule has 0 aromatic carbocycles. The first kappa shape index (κ1) is 13.9. The van der Waals surface area contributed by atoms with E-state index in [1.165, 1.54) is 0 Å². The molecule has 1 unspecified atom stereocenters. The van der Waals surface area contributed by atoms with Crippen molar-refractivity contribution in [3.05, 3.63) is 0 Å². The average molecular weight is 216 g/mol. The van der Waals surface area contributed by atoms with Crippen LogP contribution in [0.1, 0.15) is 27.7 Å². The summed E-state index contributed by atoms with van der Waals surface area (Å²) >= 11 is 0. The monoisotopic (exact) mass is 216 g/mol. The molecular weight excluding hydrogens is 196 g/mol. The van der Waals surface area contributed by atoms with Gasteiger partial charge in [0.1, 0.15) is 0 Å². The van der Waals surface area contributed by atoms with Crippen molar-refractivity contribution in [1.82, 2.24) is 10.6 Å². The maximum absolute atomic E-state index is 11.4. The van der Waals surface area contributed by atoms with Gasteiger partial charge >= 0.3 is 0 Å². The lowest BCUT2D eigenvalue weighted by Crippen LogP contribution is -2.43. The number of carbonyl (C=O) groups is 2. The van der Waals surface area contributed by atoms with Crippen LogP contribution in [0, 0.1) is 5.41 Å². The van der Waals surface area contributed by atoms with Crippen LogP contribution in [0.4, 0.5) is 0 Å². The smallest absolute Gasteiger partial charge is 0.239 e. The van der Waals surface area contributed by atoms with E-state index in [1.807, 2.05) is 0 Å². The number of nitrogens with one attached hydrogen (secondary N) is 2. The standard InChI is InChI=1S/C10H20N2O3/c1-7(13)5-11-8(14)6-12-9(15)10(2,3)4/h7,13H,5-6H2,1-4H3,(H,11,14)(H,12,15). The molecule has 0 radical (unpaired) electrons. The van der Waals surface area contributed by atoms with Gasteiger partial charge in [-0.1, -0.05) is 20.8 Å². The summed E-state index contributed by atoms with van der Waals surface area (Å²) in [7, 11) is 0. The molecule has 5 nitrogen and oxygen atoms in total. The van der Waals surface area contributed by atoms with E-state index in [-0.39, 0.29) is 24.9 Å². The number of hydrogen-bond donors (Lipinski definition) is 3. The lowest BCUT2D eigenvalue weighted by Gasteiger charge is -2.17. The fourth-order valence-corrected chi connectivity index (χ4v) is 0.750. The molecule has 0 aromatic rings. The summed E-state index contributed by atoms with van der Waals surface area (Å²) in [6.07, 6.45) is -0.577. The first-order chi connectivity index (χ1) is 6.73. The Kier molecular flexibility index (Phi) is 5.28. The van der Waals surface area contributed by atoms with Gasteiger partial charge in [-0.15, -0.1) is 0 Å². The van der Waals surface area contributed by atoms with Gasteiger partial charge in [-0.25, -0.2) is 0 Å². The van der Waals surface area contributed by atoms with E-state index in [4.69, 9.17) is 5.11 Å². The molecule has 0 heterocycles. The first-order valence-corrected chi connectivity index (χ1v) is 4.96. The zero-order valence-electron chi connectivity index (χ0n) is 9.76. The molecule has 0 bridgehead atoms. The van der Waals surface area contributed by atoms with Crippen molar-refractivity contribution in [1.29, 1.82) is 0 Å². The minimum Gasteiger partial charge on any atom is -0.392 e. The van der Waals surface area contributed by atoms with E-state index in [0.29, 0.717) is 0 Å². The third-order valence-electron chi connectivity index (χ3n) is 1.69. The van der Waals surface area contributed by atoms with Gasteiger partial charge in [0, 0.05) is 12.0 Å². The van der Waals surface area contributed by atoms with Crippen LogP contribution in [-0.4, -0.2) is 36.1 Å². The Morgan fingerprint density at radius 3 is 2.20 bits per heavy atom.